The van der Waals surface area contributed by atoms with E-state index in [1.54, 1.807) is 0 Å². The molecule has 0 aromatic carbocycles. The molecule has 0 spiro atoms. The second kappa shape index (κ2) is 5.90. The molecule has 0 aromatic rings. The lowest BCUT2D eigenvalue weighted by Gasteiger charge is -2.17. The van der Waals surface area contributed by atoms with E-state index >= 15 is 0 Å². The molecule has 0 saturated heterocycles. The van der Waals surface area contributed by atoms with E-state index < -0.39 is 0 Å². The number of hydrogen-bond donors (Lipinski definition) is 0. The second-order valence-electron chi connectivity index (χ2n) is 5.13. The molecule has 74 valence electrons. The van der Waals surface area contributed by atoms with Crippen molar-refractivity contribution in [3.8, 4) is 0 Å². The molecule has 0 amide bonds. The van der Waals surface area contributed by atoms with Crippen molar-refractivity contribution in [3.63, 3.8) is 0 Å². The van der Waals surface area contributed by atoms with Gasteiger partial charge in [-0.25, -0.2) is 0 Å². The first-order valence-corrected chi connectivity index (χ1v) is 6.15. The quantitative estimate of drug-likeness (QED) is 0.583. The SMILES string of the molecule is CC(C)CSCCCC(C)(C)C. The molecule has 0 fully saturated rings. The summed E-state index contributed by atoms with van der Waals surface area (Å²) in [6.45, 7) is 11.5. The minimum atomic E-state index is 0.526. The van der Waals surface area contributed by atoms with Gasteiger partial charge in [0.1, 0.15) is 0 Å². The Bertz CT molecular complexity index is 100. The molecule has 0 N–H and O–H groups in total. The molecule has 0 saturated carbocycles. The Hall–Kier alpha value is 0.350. The highest BCUT2D eigenvalue weighted by Crippen LogP contribution is 2.22. The van der Waals surface area contributed by atoms with Gasteiger partial charge in [0.25, 0.3) is 0 Å². The van der Waals surface area contributed by atoms with Crippen LogP contribution in [0.15, 0.2) is 0 Å². The summed E-state index contributed by atoms with van der Waals surface area (Å²) in [6, 6.07) is 0. The van der Waals surface area contributed by atoms with Gasteiger partial charge in [0.2, 0.25) is 0 Å². The first kappa shape index (κ1) is 12.3. The average molecular weight is 188 g/mol. The van der Waals surface area contributed by atoms with Gasteiger partial charge in [-0.15, -0.1) is 0 Å². The largest absolute Gasteiger partial charge is 0.162 e. The van der Waals surface area contributed by atoms with Crippen molar-refractivity contribution in [2.45, 2.75) is 47.5 Å². The van der Waals surface area contributed by atoms with Crippen molar-refractivity contribution in [2.24, 2.45) is 11.3 Å². The van der Waals surface area contributed by atoms with Crippen LogP contribution < -0.4 is 0 Å². The Morgan fingerprint density at radius 3 is 2.17 bits per heavy atom. The fraction of sp³-hybridized carbons (Fsp3) is 1.00. The van der Waals surface area contributed by atoms with Crippen LogP contribution in [0.4, 0.5) is 0 Å². The Labute approximate surface area is 82.5 Å². The van der Waals surface area contributed by atoms with Crippen molar-refractivity contribution in [2.75, 3.05) is 11.5 Å². The third-order valence-corrected chi connectivity index (χ3v) is 3.15. The van der Waals surface area contributed by atoms with E-state index in [4.69, 9.17) is 0 Å². The Kier molecular flexibility index (Phi) is 6.08. The van der Waals surface area contributed by atoms with E-state index in [2.05, 4.69) is 46.4 Å². The third kappa shape index (κ3) is 10.3. The number of hydrogen-bond acceptors (Lipinski definition) is 1. The molecule has 0 heterocycles. The maximum atomic E-state index is 2.32. The molecule has 0 nitrogen and oxygen atoms in total. The van der Waals surface area contributed by atoms with Crippen LogP contribution in [0.5, 0.6) is 0 Å². The van der Waals surface area contributed by atoms with Crippen molar-refractivity contribution in [3.05, 3.63) is 0 Å². The van der Waals surface area contributed by atoms with Gasteiger partial charge in [0, 0.05) is 0 Å². The van der Waals surface area contributed by atoms with Crippen LogP contribution in [0.1, 0.15) is 47.5 Å². The maximum absolute atomic E-state index is 2.32. The third-order valence-electron chi connectivity index (χ3n) is 1.67. The Morgan fingerprint density at radius 1 is 1.17 bits per heavy atom. The van der Waals surface area contributed by atoms with E-state index in [1.807, 2.05) is 0 Å². The molecule has 0 aromatic heterocycles. The van der Waals surface area contributed by atoms with Gasteiger partial charge in [-0.1, -0.05) is 34.6 Å². The zero-order chi connectivity index (χ0) is 9.61. The molecular weight excluding hydrogens is 164 g/mol. The van der Waals surface area contributed by atoms with Crippen molar-refractivity contribution in [1.82, 2.24) is 0 Å². The topological polar surface area (TPSA) is 0 Å². The van der Waals surface area contributed by atoms with Gasteiger partial charge in [-0.2, -0.15) is 11.8 Å². The smallest absolute Gasteiger partial charge is 0.00444 e. The van der Waals surface area contributed by atoms with Gasteiger partial charge in [0.15, 0.2) is 0 Å². The Morgan fingerprint density at radius 2 is 1.75 bits per heavy atom. The van der Waals surface area contributed by atoms with Crippen LogP contribution >= 0.6 is 11.8 Å². The highest BCUT2D eigenvalue weighted by molar-refractivity contribution is 7.99. The number of rotatable bonds is 5. The van der Waals surface area contributed by atoms with Crippen LogP contribution in [0, 0.1) is 11.3 Å². The van der Waals surface area contributed by atoms with Crippen LogP contribution in [0.25, 0.3) is 0 Å². The van der Waals surface area contributed by atoms with E-state index in [0.717, 1.165) is 5.92 Å². The van der Waals surface area contributed by atoms with Crippen LogP contribution in [0.2, 0.25) is 0 Å². The summed E-state index contributed by atoms with van der Waals surface area (Å²) in [5.74, 6) is 3.52. The molecule has 0 bridgehead atoms. The lowest BCUT2D eigenvalue weighted by Crippen LogP contribution is -2.05. The lowest BCUT2D eigenvalue weighted by atomic mass is 9.91. The monoisotopic (exact) mass is 188 g/mol. The van der Waals surface area contributed by atoms with Gasteiger partial charge in [0.05, 0.1) is 0 Å². The Balaban J connectivity index is 3.12. The van der Waals surface area contributed by atoms with Crippen molar-refractivity contribution in [1.29, 1.82) is 0 Å². The van der Waals surface area contributed by atoms with Gasteiger partial charge in [-0.3, -0.25) is 0 Å². The highest BCUT2D eigenvalue weighted by atomic mass is 32.2. The van der Waals surface area contributed by atoms with E-state index in [-0.39, 0.29) is 0 Å². The molecule has 12 heavy (non-hydrogen) atoms. The predicted octanol–water partition coefficient (Wildman–Crippen LogP) is 4.20. The average Bonchev–Trinajstić information content (AvgIpc) is 1.83. The minimum Gasteiger partial charge on any atom is -0.162 e. The summed E-state index contributed by atoms with van der Waals surface area (Å²) in [7, 11) is 0. The van der Waals surface area contributed by atoms with Gasteiger partial charge >= 0.3 is 0 Å². The number of thioether (sulfide) groups is 1. The molecule has 0 radical (unpaired) electrons. The fourth-order valence-corrected chi connectivity index (χ4v) is 2.01. The molecule has 0 rings (SSSR count). The predicted molar refractivity (Wildman–Crippen MR) is 60.9 cm³/mol. The van der Waals surface area contributed by atoms with Crippen molar-refractivity contribution >= 4 is 11.8 Å². The first-order valence-electron chi connectivity index (χ1n) is 4.99. The summed E-state index contributed by atoms with van der Waals surface area (Å²) < 4.78 is 0. The zero-order valence-corrected chi connectivity index (χ0v) is 10.1. The van der Waals surface area contributed by atoms with E-state index in [9.17, 15) is 0 Å². The summed E-state index contributed by atoms with van der Waals surface area (Å²) in [6.07, 6.45) is 2.74. The molecular formula is C11H24S. The van der Waals surface area contributed by atoms with Crippen molar-refractivity contribution < 1.29 is 0 Å². The molecule has 0 aliphatic carbocycles. The summed E-state index contributed by atoms with van der Waals surface area (Å²) in [4.78, 5) is 0. The molecule has 1 heteroatoms. The molecule has 0 atom stereocenters. The molecule has 0 unspecified atom stereocenters. The minimum absolute atomic E-state index is 0.526. The first-order chi connectivity index (χ1) is 5.42. The van der Waals surface area contributed by atoms with E-state index in [0.29, 0.717) is 5.41 Å². The summed E-state index contributed by atoms with van der Waals surface area (Å²) >= 11 is 2.10. The summed E-state index contributed by atoms with van der Waals surface area (Å²) in [5.41, 5.74) is 0.526. The second-order valence-corrected chi connectivity index (χ2v) is 6.28. The van der Waals surface area contributed by atoms with Crippen LogP contribution in [0.3, 0.4) is 0 Å². The zero-order valence-electron chi connectivity index (χ0n) is 9.31. The van der Waals surface area contributed by atoms with Gasteiger partial charge in [-0.05, 0) is 35.7 Å². The van der Waals surface area contributed by atoms with E-state index in [1.165, 1.54) is 24.3 Å². The summed E-state index contributed by atoms with van der Waals surface area (Å²) in [5, 5.41) is 0. The fourth-order valence-electron chi connectivity index (χ4n) is 1.02. The normalized spacial score (nSPS) is 12.5. The maximum Gasteiger partial charge on any atom is -0.00444 e. The molecule has 0 aliphatic heterocycles. The van der Waals surface area contributed by atoms with Crippen LogP contribution in [-0.2, 0) is 0 Å². The van der Waals surface area contributed by atoms with Crippen LogP contribution in [-0.4, -0.2) is 11.5 Å². The highest BCUT2D eigenvalue weighted by Gasteiger charge is 2.08. The van der Waals surface area contributed by atoms with Gasteiger partial charge < -0.3 is 0 Å². The molecule has 0 aliphatic rings. The standard InChI is InChI=1S/C11H24S/c1-10(2)9-12-8-6-7-11(3,4)5/h10H,6-9H2,1-5H3. The lowest BCUT2D eigenvalue weighted by molar-refractivity contribution is 0.374.